The molecular formula is C38H46N2O5. The minimum atomic E-state index is -0.705. The molecule has 3 aromatic rings. The Morgan fingerprint density at radius 2 is 1.40 bits per heavy atom. The van der Waals surface area contributed by atoms with Gasteiger partial charge in [-0.2, -0.15) is 0 Å². The van der Waals surface area contributed by atoms with Crippen molar-refractivity contribution >= 4 is 17.8 Å². The van der Waals surface area contributed by atoms with Gasteiger partial charge >= 0.3 is 5.97 Å². The highest BCUT2D eigenvalue weighted by molar-refractivity contribution is 5.86. The van der Waals surface area contributed by atoms with Crippen molar-refractivity contribution in [2.24, 2.45) is 11.8 Å². The van der Waals surface area contributed by atoms with E-state index in [1.54, 1.807) is 6.08 Å². The summed E-state index contributed by atoms with van der Waals surface area (Å²) in [7, 11) is 0. The number of allylic oxidation sites excluding steroid dienone is 2. The van der Waals surface area contributed by atoms with E-state index < -0.39 is 18.1 Å². The highest BCUT2D eigenvalue weighted by Gasteiger charge is 2.27. The number of aliphatic hydroxyl groups excluding tert-OH is 1. The number of aliphatic hydroxyl groups is 1. The molecule has 7 heteroatoms. The van der Waals surface area contributed by atoms with Crippen LogP contribution in [0.3, 0.4) is 0 Å². The maximum Gasteiger partial charge on any atom is 0.309 e. The van der Waals surface area contributed by atoms with Gasteiger partial charge in [0.15, 0.2) is 0 Å². The second-order valence-corrected chi connectivity index (χ2v) is 11.2. The lowest BCUT2D eigenvalue weighted by molar-refractivity contribution is -0.155. The lowest BCUT2D eigenvalue weighted by Crippen LogP contribution is -2.42. The number of unbranched alkanes of at least 4 members (excludes halogenated alkanes) is 1. The number of benzene rings is 3. The number of hydrogen-bond acceptors (Lipinski definition) is 5. The lowest BCUT2D eigenvalue weighted by atomic mass is 9.94. The van der Waals surface area contributed by atoms with Gasteiger partial charge in [0.2, 0.25) is 11.8 Å². The second kappa shape index (κ2) is 19.7. The zero-order valence-electron chi connectivity index (χ0n) is 26.0. The molecule has 0 saturated carbocycles. The molecule has 0 radical (unpaired) electrons. The van der Waals surface area contributed by atoms with Crippen LogP contribution in [0.4, 0.5) is 0 Å². The van der Waals surface area contributed by atoms with E-state index >= 15 is 0 Å². The minimum Gasteiger partial charge on any atom is -0.455 e. The Kier molecular flexibility index (Phi) is 15.3. The summed E-state index contributed by atoms with van der Waals surface area (Å²) in [5, 5.41) is 15.6. The average Bonchev–Trinajstić information content (AvgIpc) is 3.06. The van der Waals surface area contributed by atoms with Gasteiger partial charge in [0.25, 0.3) is 0 Å². The summed E-state index contributed by atoms with van der Waals surface area (Å²) in [5.41, 5.74) is 2.81. The molecule has 0 aliphatic rings. The largest absolute Gasteiger partial charge is 0.455 e. The molecule has 3 rings (SSSR count). The zero-order valence-corrected chi connectivity index (χ0v) is 26.0. The number of ether oxygens (including phenoxy) is 1. The summed E-state index contributed by atoms with van der Waals surface area (Å²) in [4.78, 5) is 39.8. The maximum atomic E-state index is 13.6. The Labute approximate surface area is 267 Å². The van der Waals surface area contributed by atoms with Gasteiger partial charge < -0.3 is 20.5 Å². The molecule has 238 valence electrons. The van der Waals surface area contributed by atoms with Crippen molar-refractivity contribution in [3.63, 3.8) is 0 Å². The molecule has 0 heterocycles. The van der Waals surface area contributed by atoms with Crippen LogP contribution in [0.2, 0.25) is 0 Å². The van der Waals surface area contributed by atoms with E-state index in [1.165, 1.54) is 0 Å². The van der Waals surface area contributed by atoms with Gasteiger partial charge in [-0.25, -0.2) is 0 Å². The first-order chi connectivity index (χ1) is 21.9. The number of hydrogen-bond donors (Lipinski definition) is 3. The molecule has 0 aliphatic heterocycles. The average molecular weight is 611 g/mol. The molecule has 0 aliphatic carbocycles. The van der Waals surface area contributed by atoms with Crippen LogP contribution in [0, 0.1) is 11.8 Å². The Hall–Kier alpha value is -4.49. The number of nitrogens with one attached hydrogen (secondary N) is 2. The van der Waals surface area contributed by atoms with Crippen LogP contribution in [0.25, 0.3) is 0 Å². The quantitative estimate of drug-likeness (QED) is 0.0839. The molecule has 4 atom stereocenters. The Bertz CT molecular complexity index is 1330. The van der Waals surface area contributed by atoms with Crippen molar-refractivity contribution in [1.29, 1.82) is 0 Å². The minimum absolute atomic E-state index is 0.0574. The first-order valence-corrected chi connectivity index (χ1v) is 15.7. The number of rotatable bonds is 20. The topological polar surface area (TPSA) is 105 Å². The van der Waals surface area contributed by atoms with Crippen LogP contribution in [0.1, 0.15) is 54.9 Å². The fourth-order valence-electron chi connectivity index (χ4n) is 5.23. The van der Waals surface area contributed by atoms with Crippen molar-refractivity contribution in [1.82, 2.24) is 10.6 Å². The number of carbonyl (C=O) groups excluding carboxylic acids is 3. The van der Waals surface area contributed by atoms with E-state index in [0.717, 1.165) is 29.5 Å². The summed E-state index contributed by atoms with van der Waals surface area (Å²) in [6.07, 6.45) is 6.28. The number of amides is 2. The summed E-state index contributed by atoms with van der Waals surface area (Å²) >= 11 is 0. The lowest BCUT2D eigenvalue weighted by Gasteiger charge is -2.24. The van der Waals surface area contributed by atoms with Crippen LogP contribution in [0.5, 0.6) is 0 Å². The fraction of sp³-hybridized carbons (Fsp3) is 0.342. The van der Waals surface area contributed by atoms with Crippen LogP contribution in [-0.4, -0.2) is 42.1 Å². The van der Waals surface area contributed by atoms with Crippen molar-refractivity contribution in [2.45, 2.75) is 57.1 Å². The molecule has 3 N–H and O–H groups in total. The molecule has 2 amide bonds. The summed E-state index contributed by atoms with van der Waals surface area (Å²) in [6, 6.07) is 28.3. The maximum absolute atomic E-state index is 13.6. The molecule has 0 bridgehead atoms. The molecule has 45 heavy (non-hydrogen) atoms. The highest BCUT2D eigenvalue weighted by atomic mass is 16.5. The monoisotopic (exact) mass is 610 g/mol. The highest BCUT2D eigenvalue weighted by Crippen LogP contribution is 2.23. The Morgan fingerprint density at radius 1 is 0.800 bits per heavy atom. The van der Waals surface area contributed by atoms with Crippen molar-refractivity contribution in [3.05, 3.63) is 133 Å². The number of esters is 1. The van der Waals surface area contributed by atoms with Gasteiger partial charge in [0.1, 0.15) is 6.10 Å². The molecule has 7 nitrogen and oxygen atoms in total. The third kappa shape index (κ3) is 12.6. The van der Waals surface area contributed by atoms with E-state index in [2.05, 4.69) is 23.8 Å². The van der Waals surface area contributed by atoms with Crippen molar-refractivity contribution in [3.8, 4) is 0 Å². The predicted molar refractivity (Wildman–Crippen MR) is 178 cm³/mol. The molecule has 0 aromatic heterocycles. The summed E-state index contributed by atoms with van der Waals surface area (Å²) < 4.78 is 6.09. The molecular weight excluding hydrogens is 564 g/mol. The van der Waals surface area contributed by atoms with E-state index in [9.17, 15) is 19.5 Å². The molecule has 3 aromatic carbocycles. The van der Waals surface area contributed by atoms with Gasteiger partial charge in [0, 0.05) is 6.42 Å². The van der Waals surface area contributed by atoms with E-state index in [-0.39, 0.29) is 43.3 Å². The fourth-order valence-corrected chi connectivity index (χ4v) is 5.23. The van der Waals surface area contributed by atoms with Gasteiger partial charge in [-0.15, -0.1) is 13.2 Å². The number of carbonyl (C=O) groups is 3. The van der Waals surface area contributed by atoms with E-state index in [4.69, 9.17) is 4.74 Å². The zero-order chi connectivity index (χ0) is 32.3. The first kappa shape index (κ1) is 35.0. The van der Waals surface area contributed by atoms with E-state index in [1.807, 2.05) is 97.1 Å². The molecule has 0 fully saturated rings. The summed E-state index contributed by atoms with van der Waals surface area (Å²) in [6.45, 7) is 7.40. The Morgan fingerprint density at radius 3 is 1.98 bits per heavy atom. The Balaban J connectivity index is 1.66. The normalized spacial score (nSPS) is 13.4. The molecule has 0 spiro atoms. The molecule has 0 saturated heterocycles. The van der Waals surface area contributed by atoms with Gasteiger partial charge in [-0.1, -0.05) is 103 Å². The molecule has 0 unspecified atom stereocenters. The third-order valence-corrected chi connectivity index (χ3v) is 7.67. The predicted octanol–water partition coefficient (Wildman–Crippen LogP) is 5.90. The second-order valence-electron chi connectivity index (χ2n) is 11.2. The van der Waals surface area contributed by atoms with Crippen LogP contribution >= 0.6 is 0 Å². The van der Waals surface area contributed by atoms with Crippen LogP contribution in [-0.2, 0) is 32.0 Å². The van der Waals surface area contributed by atoms with Gasteiger partial charge in [0.05, 0.1) is 31.0 Å². The van der Waals surface area contributed by atoms with Crippen molar-refractivity contribution < 1.29 is 24.2 Å². The summed E-state index contributed by atoms with van der Waals surface area (Å²) in [5.74, 6) is -2.00. The smallest absolute Gasteiger partial charge is 0.309 e. The SMILES string of the molecule is C=CCCC[C@H](Cc1ccccc1)C(=O)O[C@H](CNC(=O)[C@@H](CC=C)CC(=O)N[C@@H](CO)Cc1ccccc1)c1ccccc1. The van der Waals surface area contributed by atoms with Crippen LogP contribution in [0.15, 0.2) is 116 Å². The standard InChI is InChI=1S/C38H46N2O5/c1-3-5-9-23-33(24-29-17-10-6-11-18-29)38(44)45-35(31-21-14-8-15-22-31)27-39-37(43)32(16-4-2)26-36(42)40-34(28-41)25-30-19-12-7-13-20-30/h3-4,6-8,10-15,17-22,32-35,41H,1-2,5,9,16,23-28H2,(H,39,43)(H,40,42)/t32-,33+,34+,35+/m0/s1. The van der Waals surface area contributed by atoms with Crippen molar-refractivity contribution in [2.75, 3.05) is 13.2 Å². The van der Waals surface area contributed by atoms with Gasteiger partial charge in [-0.3, -0.25) is 14.4 Å². The van der Waals surface area contributed by atoms with Crippen LogP contribution < -0.4 is 10.6 Å². The van der Waals surface area contributed by atoms with Gasteiger partial charge in [-0.05, 0) is 55.2 Å². The first-order valence-electron chi connectivity index (χ1n) is 15.7. The third-order valence-electron chi connectivity index (χ3n) is 7.67. The van der Waals surface area contributed by atoms with E-state index in [0.29, 0.717) is 25.7 Å².